The number of amides is 14. The van der Waals surface area contributed by atoms with Crippen LogP contribution in [0.2, 0.25) is 0 Å². The fourth-order valence-corrected chi connectivity index (χ4v) is 16.1. The van der Waals surface area contributed by atoms with Crippen molar-refractivity contribution in [2.75, 3.05) is 55.8 Å². The lowest BCUT2D eigenvalue weighted by Gasteiger charge is -2.30. The second-order valence-electron chi connectivity index (χ2n) is 26.8. The van der Waals surface area contributed by atoms with Crippen molar-refractivity contribution in [3.05, 3.63) is 101 Å². The van der Waals surface area contributed by atoms with E-state index in [2.05, 4.69) is 53.2 Å². The number of nitrogens with zero attached hydrogens (tertiary/aromatic N) is 2. The molecule has 0 bridgehead atoms. The molecule has 20 N–H and O–H groups in total. The van der Waals surface area contributed by atoms with Crippen molar-refractivity contribution in [2.24, 2.45) is 28.9 Å². The zero-order valence-corrected chi connectivity index (χ0v) is 64.0. The summed E-state index contributed by atoms with van der Waals surface area (Å²) >= 11 is 2.59. The van der Waals surface area contributed by atoms with Crippen LogP contribution >= 0.6 is 45.1 Å². The number of primary amides is 2. The number of carbonyl (C=O) groups is 14. The van der Waals surface area contributed by atoms with Crippen LogP contribution in [0.5, 0.6) is 5.75 Å². The number of carbonyl (C=O) groups excluding carboxylic acids is 14. The minimum Gasteiger partial charge on any atom is -0.508 e. The van der Waals surface area contributed by atoms with Crippen molar-refractivity contribution in [2.45, 2.75) is 183 Å². The van der Waals surface area contributed by atoms with E-state index in [-0.39, 0.29) is 80.0 Å². The molecular formula is C71H102N16O16S4. The van der Waals surface area contributed by atoms with E-state index in [1.54, 1.807) is 6.92 Å². The number of benzene rings is 3. The molecule has 3 aliphatic rings. The van der Waals surface area contributed by atoms with Crippen molar-refractivity contribution in [1.29, 1.82) is 0 Å². The van der Waals surface area contributed by atoms with E-state index in [0.29, 0.717) is 49.2 Å². The van der Waals surface area contributed by atoms with E-state index in [4.69, 9.17) is 22.9 Å². The molecule has 36 heteroatoms. The first kappa shape index (κ1) is 87.2. The minimum atomic E-state index is -1.64. The number of fused-ring (bicyclic) bond motifs is 1. The van der Waals surface area contributed by atoms with Gasteiger partial charge in [0.1, 0.15) is 72.2 Å². The van der Waals surface area contributed by atoms with E-state index in [0.717, 1.165) is 48.7 Å². The van der Waals surface area contributed by atoms with Crippen LogP contribution in [-0.4, -0.2) is 231 Å². The molecule has 586 valence electrons. The maximum atomic E-state index is 14.6. The van der Waals surface area contributed by atoms with Crippen LogP contribution in [0, 0.1) is 19.8 Å². The molecule has 0 spiro atoms. The number of phenolic OH excluding ortho intramolecular Hbond substituents is 1. The van der Waals surface area contributed by atoms with Crippen LogP contribution in [0.25, 0.3) is 0 Å². The maximum absolute atomic E-state index is 14.6. The summed E-state index contributed by atoms with van der Waals surface area (Å²) < 4.78 is 0. The molecule has 1 unspecified atom stereocenters. The number of aliphatic hydroxyl groups excluding tert-OH is 1. The van der Waals surface area contributed by atoms with Crippen molar-refractivity contribution < 1.29 is 77.3 Å². The Hall–Kier alpha value is -8.68. The summed E-state index contributed by atoms with van der Waals surface area (Å²) in [4.78, 5) is 198. The molecule has 3 fully saturated rings. The first-order valence-electron chi connectivity index (χ1n) is 35.5. The second-order valence-corrected chi connectivity index (χ2v) is 31.4. The number of hydrogen-bond donors (Lipinski definition) is 16. The number of likely N-dealkylation sites (tertiary alicyclic amines) is 1. The van der Waals surface area contributed by atoms with Gasteiger partial charge < -0.3 is 96.1 Å². The van der Waals surface area contributed by atoms with Crippen LogP contribution in [0.15, 0.2) is 72.8 Å². The van der Waals surface area contributed by atoms with Gasteiger partial charge in [-0.2, -0.15) is 23.5 Å². The van der Waals surface area contributed by atoms with Gasteiger partial charge in [-0.05, 0) is 107 Å². The molecule has 107 heavy (non-hydrogen) atoms. The summed E-state index contributed by atoms with van der Waals surface area (Å²) in [5, 5.41) is 46.6. The van der Waals surface area contributed by atoms with E-state index in [1.165, 1.54) is 59.6 Å². The Bertz CT molecular complexity index is 3590. The summed E-state index contributed by atoms with van der Waals surface area (Å²) in [5.74, 6) is -12.0. The summed E-state index contributed by atoms with van der Waals surface area (Å²) in [6.07, 6.45) is 1.12. The lowest BCUT2D eigenvalue weighted by molar-refractivity contribution is -0.143. The van der Waals surface area contributed by atoms with Gasteiger partial charge in [0.2, 0.25) is 82.7 Å². The quantitative estimate of drug-likeness (QED) is 0.0235. The Balaban J connectivity index is 1.19. The van der Waals surface area contributed by atoms with Gasteiger partial charge in [0, 0.05) is 54.0 Å². The highest BCUT2D eigenvalue weighted by Gasteiger charge is 2.42. The standard InChI is InChI=1S/C71H102N16O16S4/c1-6-41(4)59(74)70(102)85-54-38-107-106-37-53(83-61(93)42(5)77-68(100)56-13-10-28-87(56)71(103)49(30-57(73)90)80-66(98)52(84-67(54)99)36-105-34-45-20-16-40(3)17-21-45)62(94)76-31-58(91)86-27-9-12-55(86)69(101)78-47(11-7-8-26-72)63(95)79-48(29-43-22-24-46(89)25-23-43)64(96)81-50(32-88)65(97)82-51(60(75)92)35-104-33-44-18-14-39(2)15-19-44/h14-25,41-42,47-56,59,88-89H,6-13,26-38,72,74H2,1-5H3,(H2,73,90)(H2,75,92)(H,76,94)(H,77,100)(H,78,101)(H,79,95)(H,80,98)(H,81,96)(H,82,97)(H,83,93)(H,84,99)(H,85,102)/t41-,42-,47-,48-,49-,50-,51-,52-,53?,54-,55-,56-,59-/m0/s1. The van der Waals surface area contributed by atoms with Gasteiger partial charge in [0.05, 0.1) is 25.6 Å². The maximum Gasteiger partial charge on any atom is 0.246 e. The first-order valence-corrected chi connectivity index (χ1v) is 40.3. The van der Waals surface area contributed by atoms with Crippen molar-refractivity contribution in [1.82, 2.24) is 63.0 Å². The molecule has 0 radical (unpaired) electrons. The lowest BCUT2D eigenvalue weighted by atomic mass is 9.99. The molecule has 32 nitrogen and oxygen atoms in total. The summed E-state index contributed by atoms with van der Waals surface area (Å²) in [7, 11) is 1.97. The van der Waals surface area contributed by atoms with Gasteiger partial charge in [0.25, 0.3) is 0 Å². The molecule has 3 heterocycles. The molecule has 3 aromatic rings. The number of phenols is 1. The SMILES string of the molecule is CC[C@H](C)[C@H](N)C(=O)N[C@H]1CSSCC(C(=O)NCC(=O)N2CCC[C@H]2C(=O)N[C@@H](CCCCN)C(=O)N[C@@H](Cc2ccc(O)cc2)C(=O)N[C@@H](CO)C(=O)N[C@@H](CSCc2ccc(C)cc2)C(N)=O)NC(=O)[C@H](C)NC(=O)[C@@H]2CCCN2C(=O)[C@H](CC(N)=O)NC(=O)[C@H](CSCc2ccc(C)cc2)NC1=O. The number of nitrogens with one attached hydrogen (secondary N) is 10. The van der Waals surface area contributed by atoms with Gasteiger partial charge >= 0.3 is 0 Å². The lowest BCUT2D eigenvalue weighted by Crippen LogP contribution is -2.61. The number of rotatable bonds is 33. The first-order chi connectivity index (χ1) is 51.0. The zero-order valence-electron chi connectivity index (χ0n) is 60.7. The number of hydrogen-bond acceptors (Lipinski definition) is 22. The Kier molecular flexibility index (Phi) is 35.8. The van der Waals surface area contributed by atoms with E-state index < -0.39 is 175 Å². The number of unbranched alkanes of at least 4 members (excludes halogenated alkanes) is 1. The van der Waals surface area contributed by atoms with Crippen LogP contribution in [0.1, 0.15) is 106 Å². The van der Waals surface area contributed by atoms with Crippen molar-refractivity contribution >= 4 is 128 Å². The molecule has 0 aromatic heterocycles. The van der Waals surface area contributed by atoms with Gasteiger partial charge in [-0.25, -0.2) is 0 Å². The Morgan fingerprint density at radius 3 is 1.87 bits per heavy atom. The fraction of sp³-hybridized carbons (Fsp3) is 0.549. The predicted octanol–water partition coefficient (Wildman–Crippen LogP) is -1.85. The van der Waals surface area contributed by atoms with Gasteiger partial charge in [-0.15, -0.1) is 0 Å². The molecule has 0 saturated carbocycles. The molecule has 3 aromatic carbocycles. The van der Waals surface area contributed by atoms with Crippen molar-refractivity contribution in [3.63, 3.8) is 0 Å². The molecule has 14 amide bonds. The van der Waals surface area contributed by atoms with Gasteiger partial charge in [0.15, 0.2) is 0 Å². The minimum absolute atomic E-state index is 0.00543. The average molecular weight is 1560 g/mol. The topological polar surface area (TPSA) is 510 Å². The van der Waals surface area contributed by atoms with Gasteiger partial charge in [-0.3, -0.25) is 67.1 Å². The van der Waals surface area contributed by atoms with Crippen molar-refractivity contribution in [3.8, 4) is 5.75 Å². The number of aromatic hydroxyl groups is 1. The third-order valence-corrected chi connectivity index (χ3v) is 23.0. The van der Waals surface area contributed by atoms with E-state index >= 15 is 0 Å². The molecule has 3 saturated heterocycles. The molecular weight excluding hydrogens is 1460 g/mol. The highest BCUT2D eigenvalue weighted by Crippen LogP contribution is 2.26. The largest absolute Gasteiger partial charge is 0.508 e. The normalized spacial score (nSPS) is 21.4. The summed E-state index contributed by atoms with van der Waals surface area (Å²) in [5.41, 5.74) is 27.8. The van der Waals surface area contributed by atoms with E-state index in [1.807, 2.05) is 69.3 Å². The number of aryl methyl sites for hydroxylation is 2. The third-order valence-electron chi connectivity index (χ3n) is 18.3. The Morgan fingerprint density at radius 1 is 0.654 bits per heavy atom. The number of nitrogens with two attached hydrogens (primary N) is 4. The zero-order chi connectivity index (χ0) is 78.4. The van der Waals surface area contributed by atoms with Crippen LogP contribution in [0.4, 0.5) is 0 Å². The molecule has 3 aliphatic heterocycles. The van der Waals surface area contributed by atoms with Gasteiger partial charge in [-0.1, -0.05) is 114 Å². The molecule has 6 rings (SSSR count). The molecule has 0 aliphatic carbocycles. The highest BCUT2D eigenvalue weighted by molar-refractivity contribution is 8.76. The monoisotopic (exact) mass is 1560 g/mol. The fourth-order valence-electron chi connectivity index (χ4n) is 11.7. The molecule has 13 atom stereocenters. The Labute approximate surface area is 638 Å². The summed E-state index contributed by atoms with van der Waals surface area (Å²) in [6.45, 7) is 7.37. The smallest absolute Gasteiger partial charge is 0.246 e. The second kappa shape index (κ2) is 44.0. The van der Waals surface area contributed by atoms with Crippen LogP contribution < -0.4 is 76.1 Å². The predicted molar refractivity (Wildman–Crippen MR) is 407 cm³/mol. The number of aliphatic hydroxyl groups is 1. The van der Waals surface area contributed by atoms with E-state index in [9.17, 15) is 77.3 Å². The van der Waals surface area contributed by atoms with Crippen LogP contribution in [0.3, 0.4) is 0 Å². The third kappa shape index (κ3) is 27.8. The average Bonchev–Trinajstić information content (AvgIpc) is 1.75. The van der Waals surface area contributed by atoms with Crippen LogP contribution in [-0.2, 0) is 85.1 Å². The highest BCUT2D eigenvalue weighted by atomic mass is 33.1. The Morgan fingerprint density at radius 2 is 1.24 bits per heavy atom. The number of thioether (sulfide) groups is 2. The summed E-state index contributed by atoms with van der Waals surface area (Å²) in [6, 6.07) is 4.62.